The average molecular weight is 729 g/mol. The standard InChI is InChI=1S/C40H52N6O7/c1-24(42-37(48)34-10-8-20-46(34)38(49)26(3)44-40(51)53-5)27-12-14-28(15-13-27)29-16-18-30(19-17-29)33-23-41-36(45-33)11-7-6-9-31-21-32(31)22-35(47)25(2)43-39(50)52-4/h12-19,23-26,31-32,34H,6-11,20-22H2,1-5H3,(H,41,45)(H,42,48)(H,43,50)(H,44,51). The number of unbranched alkanes of at least 4 members (excludes halogenated alkanes) is 1. The van der Waals surface area contributed by atoms with Gasteiger partial charge in [-0.25, -0.2) is 14.6 Å². The lowest BCUT2D eigenvalue weighted by atomic mass is 10.00. The molecule has 4 N–H and O–H groups in total. The summed E-state index contributed by atoms with van der Waals surface area (Å²) < 4.78 is 9.17. The summed E-state index contributed by atoms with van der Waals surface area (Å²) in [6.45, 7) is 5.66. The predicted molar refractivity (Wildman–Crippen MR) is 200 cm³/mol. The third-order valence-electron chi connectivity index (χ3n) is 10.4. The van der Waals surface area contributed by atoms with E-state index in [1.165, 1.54) is 19.1 Å². The predicted octanol–water partition coefficient (Wildman–Crippen LogP) is 5.71. The van der Waals surface area contributed by atoms with Crippen molar-refractivity contribution in [2.24, 2.45) is 11.8 Å². The number of aryl methyl sites for hydroxylation is 1. The Bertz CT molecular complexity index is 1740. The number of imidazole rings is 1. The van der Waals surface area contributed by atoms with E-state index in [-0.39, 0.29) is 23.6 Å². The van der Waals surface area contributed by atoms with E-state index in [2.05, 4.69) is 59.7 Å². The molecule has 6 atom stereocenters. The molecule has 1 aliphatic heterocycles. The van der Waals surface area contributed by atoms with E-state index in [0.29, 0.717) is 37.6 Å². The van der Waals surface area contributed by atoms with Gasteiger partial charge >= 0.3 is 12.2 Å². The fourth-order valence-corrected chi connectivity index (χ4v) is 7.05. The van der Waals surface area contributed by atoms with E-state index in [9.17, 15) is 24.0 Å². The van der Waals surface area contributed by atoms with Crippen LogP contribution >= 0.6 is 0 Å². The minimum absolute atomic E-state index is 0.0533. The molecule has 2 aromatic carbocycles. The molecule has 1 aliphatic carbocycles. The number of aromatic nitrogens is 2. The first kappa shape index (κ1) is 39.0. The van der Waals surface area contributed by atoms with Crippen LogP contribution in [0.1, 0.15) is 83.1 Å². The number of benzene rings is 2. The fourth-order valence-electron chi connectivity index (χ4n) is 7.05. The van der Waals surface area contributed by atoms with Crippen LogP contribution in [-0.4, -0.2) is 83.5 Å². The van der Waals surface area contributed by atoms with E-state index in [0.717, 1.165) is 65.9 Å². The molecule has 13 heteroatoms. The van der Waals surface area contributed by atoms with Crippen LogP contribution in [0.3, 0.4) is 0 Å². The number of hydrogen-bond acceptors (Lipinski definition) is 8. The van der Waals surface area contributed by atoms with E-state index in [1.54, 1.807) is 13.8 Å². The number of aromatic amines is 1. The molecule has 1 aromatic heterocycles. The van der Waals surface area contributed by atoms with E-state index in [4.69, 9.17) is 0 Å². The number of methoxy groups -OCH3 is 2. The number of carbonyl (C=O) groups excluding carboxylic acids is 5. The Morgan fingerprint density at radius 3 is 2.11 bits per heavy atom. The van der Waals surface area contributed by atoms with Crippen LogP contribution in [0.25, 0.3) is 22.4 Å². The van der Waals surface area contributed by atoms with Crippen LogP contribution in [0.5, 0.6) is 0 Å². The van der Waals surface area contributed by atoms with Gasteiger partial charge in [0, 0.05) is 19.4 Å². The van der Waals surface area contributed by atoms with Crippen LogP contribution in [-0.2, 0) is 30.3 Å². The van der Waals surface area contributed by atoms with Gasteiger partial charge in [0.2, 0.25) is 11.8 Å². The third kappa shape index (κ3) is 10.5. The largest absolute Gasteiger partial charge is 0.453 e. The van der Waals surface area contributed by atoms with Crippen molar-refractivity contribution in [3.8, 4) is 22.4 Å². The summed E-state index contributed by atoms with van der Waals surface area (Å²) in [5.74, 6) is 1.49. The number of rotatable bonds is 16. The first-order chi connectivity index (χ1) is 25.5. The molecule has 3 aromatic rings. The van der Waals surface area contributed by atoms with E-state index >= 15 is 0 Å². The highest BCUT2D eigenvalue weighted by Crippen LogP contribution is 2.45. The quantitative estimate of drug-likeness (QED) is 0.136. The number of nitrogens with zero attached hydrogens (tertiary/aromatic N) is 2. The van der Waals surface area contributed by atoms with Crippen molar-refractivity contribution in [2.45, 2.75) is 96.3 Å². The Morgan fingerprint density at radius 2 is 1.45 bits per heavy atom. The second-order valence-electron chi connectivity index (χ2n) is 14.3. The number of likely N-dealkylation sites (tertiary alicyclic amines) is 1. The number of carbonyl (C=O) groups is 5. The number of ether oxygens (including phenoxy) is 2. The molecule has 1 saturated heterocycles. The summed E-state index contributed by atoms with van der Waals surface area (Å²) in [5, 5.41) is 8.09. The fraction of sp³-hybridized carbons (Fsp3) is 0.500. The molecule has 284 valence electrons. The Labute approximate surface area is 311 Å². The normalized spacial score (nSPS) is 19.4. The SMILES string of the molecule is COC(=O)NC(C)C(=O)CC1CC1CCCCc1ncc(-c2ccc(-c3ccc(C(C)NC(=O)C4CCCN4C(=O)C(C)NC(=O)OC)cc3)cc2)[nH]1. The highest BCUT2D eigenvalue weighted by molar-refractivity contribution is 5.92. The summed E-state index contributed by atoms with van der Waals surface area (Å²) >= 11 is 0. The lowest BCUT2D eigenvalue weighted by molar-refractivity contribution is -0.139. The molecule has 0 spiro atoms. The zero-order chi connectivity index (χ0) is 38.1. The van der Waals surface area contributed by atoms with Crippen molar-refractivity contribution >= 4 is 29.8 Å². The summed E-state index contributed by atoms with van der Waals surface area (Å²) in [7, 11) is 2.53. The van der Waals surface area contributed by atoms with Crippen molar-refractivity contribution in [3.05, 3.63) is 66.1 Å². The van der Waals surface area contributed by atoms with Gasteiger partial charge in [-0.05, 0) is 80.5 Å². The Balaban J connectivity index is 1.05. The molecule has 2 heterocycles. The molecule has 1 saturated carbocycles. The van der Waals surface area contributed by atoms with Crippen LogP contribution in [0.2, 0.25) is 0 Å². The third-order valence-corrected chi connectivity index (χ3v) is 10.4. The molecular weight excluding hydrogens is 676 g/mol. The second-order valence-corrected chi connectivity index (χ2v) is 14.3. The molecule has 0 radical (unpaired) electrons. The minimum Gasteiger partial charge on any atom is -0.453 e. The van der Waals surface area contributed by atoms with Gasteiger partial charge in [-0.15, -0.1) is 0 Å². The van der Waals surface area contributed by atoms with Gasteiger partial charge in [0.1, 0.15) is 17.9 Å². The van der Waals surface area contributed by atoms with Crippen LogP contribution < -0.4 is 16.0 Å². The highest BCUT2D eigenvalue weighted by atomic mass is 16.5. The van der Waals surface area contributed by atoms with E-state index < -0.39 is 30.3 Å². The second kappa shape index (κ2) is 18.0. The van der Waals surface area contributed by atoms with Crippen molar-refractivity contribution < 1.29 is 33.4 Å². The number of H-pyrrole nitrogens is 1. The van der Waals surface area contributed by atoms with Crippen LogP contribution in [0.4, 0.5) is 9.59 Å². The minimum atomic E-state index is -0.795. The Morgan fingerprint density at radius 1 is 0.830 bits per heavy atom. The first-order valence-corrected chi connectivity index (χ1v) is 18.5. The highest BCUT2D eigenvalue weighted by Gasteiger charge is 2.39. The van der Waals surface area contributed by atoms with Crippen LogP contribution in [0, 0.1) is 11.8 Å². The summed E-state index contributed by atoms with van der Waals surface area (Å²) in [6, 6.07) is 14.2. The lowest BCUT2D eigenvalue weighted by Crippen LogP contribution is -2.52. The summed E-state index contributed by atoms with van der Waals surface area (Å²) in [4.78, 5) is 71.0. The number of amides is 4. The zero-order valence-electron chi connectivity index (χ0n) is 31.3. The summed E-state index contributed by atoms with van der Waals surface area (Å²) in [5.41, 5.74) is 5.10. The van der Waals surface area contributed by atoms with Gasteiger partial charge in [0.05, 0.1) is 38.2 Å². The molecule has 2 fully saturated rings. The van der Waals surface area contributed by atoms with Gasteiger partial charge in [-0.1, -0.05) is 61.4 Å². The number of alkyl carbamates (subject to hydrolysis) is 2. The van der Waals surface area contributed by atoms with Gasteiger partial charge in [-0.3, -0.25) is 14.4 Å². The molecule has 0 bridgehead atoms. The molecule has 6 unspecified atom stereocenters. The van der Waals surface area contributed by atoms with Crippen molar-refractivity contribution in [2.75, 3.05) is 20.8 Å². The van der Waals surface area contributed by atoms with Crippen molar-refractivity contribution in [3.63, 3.8) is 0 Å². The molecule has 5 rings (SSSR count). The summed E-state index contributed by atoms with van der Waals surface area (Å²) in [6.07, 6.45) is 7.53. The molecular formula is C40H52N6O7. The Hall–Kier alpha value is -5.20. The van der Waals surface area contributed by atoms with Gasteiger partial charge < -0.3 is 35.3 Å². The molecule has 53 heavy (non-hydrogen) atoms. The smallest absolute Gasteiger partial charge is 0.407 e. The number of hydrogen-bond donors (Lipinski definition) is 4. The number of Topliss-reactive ketones (excluding diaryl/α,β-unsaturated/α-hetero) is 1. The van der Waals surface area contributed by atoms with Gasteiger partial charge in [-0.2, -0.15) is 0 Å². The monoisotopic (exact) mass is 728 g/mol. The van der Waals surface area contributed by atoms with Crippen LogP contribution in [0.15, 0.2) is 54.7 Å². The molecule has 13 nitrogen and oxygen atoms in total. The van der Waals surface area contributed by atoms with Crippen molar-refractivity contribution in [1.29, 1.82) is 0 Å². The maximum absolute atomic E-state index is 13.2. The van der Waals surface area contributed by atoms with Gasteiger partial charge in [0.25, 0.3) is 0 Å². The van der Waals surface area contributed by atoms with Crippen molar-refractivity contribution in [1.82, 2.24) is 30.8 Å². The first-order valence-electron chi connectivity index (χ1n) is 18.5. The average Bonchev–Trinajstić information content (AvgIpc) is 3.49. The van der Waals surface area contributed by atoms with Gasteiger partial charge in [0.15, 0.2) is 5.78 Å². The topological polar surface area (TPSA) is 172 Å². The molecule has 4 amide bonds. The lowest BCUT2D eigenvalue weighted by Gasteiger charge is -2.28. The zero-order valence-corrected chi connectivity index (χ0v) is 31.3. The maximum atomic E-state index is 13.2. The Kier molecular flexibility index (Phi) is 13.3. The van der Waals surface area contributed by atoms with E-state index in [1.807, 2.05) is 37.4 Å². The molecule has 2 aliphatic rings. The maximum Gasteiger partial charge on any atom is 0.407 e. The number of nitrogens with one attached hydrogen (secondary N) is 4. The number of ketones is 1.